The molecule has 0 aliphatic carbocycles. The minimum atomic E-state index is -0.540. The van der Waals surface area contributed by atoms with E-state index in [0.717, 1.165) is 30.7 Å². The third-order valence-corrected chi connectivity index (χ3v) is 4.59. The summed E-state index contributed by atoms with van der Waals surface area (Å²) in [5.74, 6) is 0. The summed E-state index contributed by atoms with van der Waals surface area (Å²) < 4.78 is 6.94. The molecule has 2 aromatic rings. The second-order valence-electron chi connectivity index (χ2n) is 7.73. The Morgan fingerprint density at radius 2 is 2.04 bits per heavy atom. The van der Waals surface area contributed by atoms with Crippen LogP contribution in [0.15, 0.2) is 10.9 Å². The summed E-state index contributed by atoms with van der Waals surface area (Å²) in [6, 6.07) is 1.69. The van der Waals surface area contributed by atoms with Crippen molar-refractivity contribution in [3.05, 3.63) is 33.4 Å². The van der Waals surface area contributed by atoms with Gasteiger partial charge in [-0.2, -0.15) is 9.61 Å². The molecule has 7 heteroatoms. The summed E-state index contributed by atoms with van der Waals surface area (Å²) in [5.41, 5.74) is 2.19. The Kier molecular flexibility index (Phi) is 4.34. The Bertz CT molecular complexity index is 860. The highest BCUT2D eigenvalue weighted by Crippen LogP contribution is 2.31. The summed E-state index contributed by atoms with van der Waals surface area (Å²) in [6.07, 6.45) is 2.45. The van der Waals surface area contributed by atoms with Gasteiger partial charge in [-0.05, 0) is 53.9 Å². The second kappa shape index (κ2) is 6.20. The number of amides is 1. The predicted molar refractivity (Wildman–Crippen MR) is 94.8 cm³/mol. The van der Waals surface area contributed by atoms with Gasteiger partial charge in [0.2, 0.25) is 0 Å². The number of carbonyl (C=O) groups is 1. The quantitative estimate of drug-likeness (QED) is 0.860. The van der Waals surface area contributed by atoms with Crippen LogP contribution in [0.5, 0.6) is 0 Å². The van der Waals surface area contributed by atoms with Gasteiger partial charge in [0.1, 0.15) is 11.2 Å². The van der Waals surface area contributed by atoms with E-state index in [0.29, 0.717) is 17.8 Å². The number of likely N-dealkylation sites (tertiary alicyclic amines) is 1. The zero-order valence-electron chi connectivity index (χ0n) is 15.5. The fourth-order valence-electron chi connectivity index (χ4n) is 3.19. The van der Waals surface area contributed by atoms with Gasteiger partial charge >= 0.3 is 6.09 Å². The number of hydrogen-bond donors (Lipinski definition) is 1. The highest BCUT2D eigenvalue weighted by atomic mass is 16.6. The van der Waals surface area contributed by atoms with Gasteiger partial charge in [-0.1, -0.05) is 0 Å². The van der Waals surface area contributed by atoms with Crippen molar-refractivity contribution in [2.45, 2.75) is 65.5 Å². The normalized spacial score (nSPS) is 18.6. The van der Waals surface area contributed by atoms with Crippen LogP contribution >= 0.6 is 0 Å². The third-order valence-electron chi connectivity index (χ3n) is 4.59. The van der Waals surface area contributed by atoms with Crippen LogP contribution in [0.4, 0.5) is 4.79 Å². The lowest BCUT2D eigenvalue weighted by Crippen LogP contribution is -2.42. The molecule has 7 nitrogen and oxygen atoms in total. The van der Waals surface area contributed by atoms with E-state index in [-0.39, 0.29) is 17.7 Å². The van der Waals surface area contributed by atoms with Crippen molar-refractivity contribution in [3.63, 3.8) is 0 Å². The molecule has 3 heterocycles. The molecular formula is C18H26N4O3. The van der Waals surface area contributed by atoms with Crippen molar-refractivity contribution < 1.29 is 9.53 Å². The van der Waals surface area contributed by atoms with Gasteiger partial charge in [-0.15, -0.1) is 0 Å². The van der Waals surface area contributed by atoms with E-state index in [1.807, 2.05) is 33.8 Å². The van der Waals surface area contributed by atoms with Crippen molar-refractivity contribution in [2.75, 3.05) is 6.54 Å². The topological polar surface area (TPSA) is 79.7 Å². The number of H-pyrrole nitrogens is 1. The van der Waals surface area contributed by atoms with Gasteiger partial charge in [0.15, 0.2) is 0 Å². The molecule has 1 aliphatic rings. The number of nitrogens with zero attached hydrogens (tertiary/aromatic N) is 3. The first-order valence-electron chi connectivity index (χ1n) is 8.76. The first kappa shape index (κ1) is 17.5. The largest absolute Gasteiger partial charge is 0.444 e. The number of fused-ring (bicyclic) bond motifs is 1. The minimum Gasteiger partial charge on any atom is -0.444 e. The van der Waals surface area contributed by atoms with E-state index < -0.39 is 5.60 Å². The van der Waals surface area contributed by atoms with E-state index in [1.54, 1.807) is 11.8 Å². The lowest BCUT2D eigenvalue weighted by molar-refractivity contribution is 0.00897. The summed E-state index contributed by atoms with van der Waals surface area (Å²) >= 11 is 0. The first-order valence-corrected chi connectivity index (χ1v) is 8.76. The van der Waals surface area contributed by atoms with Gasteiger partial charge in [-0.3, -0.25) is 9.69 Å². The molecule has 136 valence electrons. The van der Waals surface area contributed by atoms with E-state index in [2.05, 4.69) is 10.1 Å². The third kappa shape index (κ3) is 3.41. The van der Waals surface area contributed by atoms with E-state index in [4.69, 9.17) is 4.74 Å². The summed E-state index contributed by atoms with van der Waals surface area (Å²) in [4.78, 5) is 30.0. The molecule has 1 N–H and O–H groups in total. The first-order chi connectivity index (χ1) is 11.7. The monoisotopic (exact) mass is 346 g/mol. The van der Waals surface area contributed by atoms with Gasteiger partial charge in [-0.25, -0.2) is 4.79 Å². The van der Waals surface area contributed by atoms with Crippen LogP contribution in [0.2, 0.25) is 0 Å². The summed E-state index contributed by atoms with van der Waals surface area (Å²) in [6.45, 7) is 9.87. The van der Waals surface area contributed by atoms with Crippen LogP contribution in [-0.2, 0) is 4.74 Å². The number of nitrogens with one attached hydrogen (secondary N) is 1. The Labute approximate surface area is 147 Å². The Morgan fingerprint density at radius 3 is 2.72 bits per heavy atom. The van der Waals surface area contributed by atoms with Crippen molar-refractivity contribution in [1.29, 1.82) is 0 Å². The zero-order chi connectivity index (χ0) is 18.4. The number of rotatable bonds is 1. The van der Waals surface area contributed by atoms with Gasteiger partial charge in [0.05, 0.1) is 11.7 Å². The number of aromatic nitrogens is 3. The molecule has 25 heavy (non-hydrogen) atoms. The molecule has 0 aromatic carbocycles. The molecule has 1 amide bonds. The van der Waals surface area contributed by atoms with Crippen LogP contribution in [-0.4, -0.2) is 37.7 Å². The fraction of sp³-hybridized carbons (Fsp3) is 0.611. The minimum absolute atomic E-state index is 0.128. The van der Waals surface area contributed by atoms with Gasteiger partial charge < -0.3 is 9.72 Å². The molecule has 1 atom stereocenters. The van der Waals surface area contributed by atoms with Gasteiger partial charge in [0.25, 0.3) is 5.56 Å². The Balaban J connectivity index is 1.98. The fourth-order valence-corrected chi connectivity index (χ4v) is 3.19. The highest BCUT2D eigenvalue weighted by molar-refractivity contribution is 5.69. The number of aromatic amines is 1. The summed E-state index contributed by atoms with van der Waals surface area (Å²) in [5, 5.41) is 4.49. The van der Waals surface area contributed by atoms with Crippen molar-refractivity contribution in [1.82, 2.24) is 19.5 Å². The molecule has 1 saturated heterocycles. The Hall–Kier alpha value is -2.31. The lowest BCUT2D eigenvalue weighted by Gasteiger charge is -2.35. The van der Waals surface area contributed by atoms with Crippen molar-refractivity contribution >= 4 is 11.7 Å². The van der Waals surface area contributed by atoms with E-state index in [1.165, 1.54) is 4.52 Å². The smallest absolute Gasteiger partial charge is 0.410 e. The van der Waals surface area contributed by atoms with Crippen LogP contribution in [0.25, 0.3) is 5.65 Å². The van der Waals surface area contributed by atoms with Crippen LogP contribution in [0.1, 0.15) is 63.0 Å². The van der Waals surface area contributed by atoms with Crippen molar-refractivity contribution in [2.24, 2.45) is 0 Å². The molecule has 1 fully saturated rings. The number of hydrogen-bond acceptors (Lipinski definition) is 4. The zero-order valence-corrected chi connectivity index (χ0v) is 15.5. The van der Waals surface area contributed by atoms with Crippen LogP contribution in [0, 0.1) is 13.8 Å². The molecule has 1 aliphatic heterocycles. The standard InChI is InChI=1S/C18H26N4O3/c1-11-12(2)19-15-10-13(20-22(15)16(11)23)14-8-6-7-9-21(14)17(24)25-18(3,4)5/h10,14,19H,6-9H2,1-5H3. The van der Waals surface area contributed by atoms with Crippen molar-refractivity contribution in [3.8, 4) is 0 Å². The molecule has 0 radical (unpaired) electrons. The number of ether oxygens (including phenoxy) is 1. The van der Waals surface area contributed by atoms with Gasteiger partial charge in [0, 0.05) is 23.9 Å². The Morgan fingerprint density at radius 1 is 1.32 bits per heavy atom. The number of aryl methyl sites for hydroxylation is 1. The lowest BCUT2D eigenvalue weighted by atomic mass is 10.00. The van der Waals surface area contributed by atoms with Crippen LogP contribution in [0.3, 0.4) is 0 Å². The molecular weight excluding hydrogens is 320 g/mol. The maximum Gasteiger partial charge on any atom is 0.410 e. The van der Waals surface area contributed by atoms with Crippen LogP contribution < -0.4 is 5.56 Å². The SMILES string of the molecule is Cc1[nH]c2cc(C3CCCCN3C(=O)OC(C)(C)C)nn2c(=O)c1C. The molecule has 1 unspecified atom stereocenters. The molecule has 0 spiro atoms. The molecule has 2 aromatic heterocycles. The average molecular weight is 346 g/mol. The van der Waals surface area contributed by atoms with E-state index >= 15 is 0 Å². The molecule has 3 rings (SSSR count). The summed E-state index contributed by atoms with van der Waals surface area (Å²) in [7, 11) is 0. The highest BCUT2D eigenvalue weighted by Gasteiger charge is 2.33. The maximum atomic E-state index is 12.6. The second-order valence-corrected chi connectivity index (χ2v) is 7.73. The van der Waals surface area contributed by atoms with E-state index in [9.17, 15) is 9.59 Å². The molecule has 0 bridgehead atoms. The number of carbonyl (C=O) groups excluding carboxylic acids is 1. The predicted octanol–water partition coefficient (Wildman–Crippen LogP) is 3.10. The number of piperidine rings is 1. The molecule has 0 saturated carbocycles. The average Bonchev–Trinajstić information content (AvgIpc) is 2.95. The maximum absolute atomic E-state index is 12.6.